The Labute approximate surface area is 214 Å². The van der Waals surface area contributed by atoms with Crippen LogP contribution in [0.4, 0.5) is 0 Å². The molecule has 0 saturated carbocycles. The molecule has 1 aliphatic rings. The average molecular weight is 473 g/mol. The second kappa shape index (κ2) is 11.3. The van der Waals surface area contributed by atoms with E-state index >= 15 is 0 Å². The van der Waals surface area contributed by atoms with Gasteiger partial charge >= 0.3 is 0 Å². The Balaban J connectivity index is 1.31. The Hall–Kier alpha value is -3.78. The molecule has 0 saturated heterocycles. The van der Waals surface area contributed by atoms with Gasteiger partial charge in [0, 0.05) is 44.6 Å². The van der Waals surface area contributed by atoms with Gasteiger partial charge in [-0.1, -0.05) is 60.7 Å². The van der Waals surface area contributed by atoms with Gasteiger partial charge in [0.15, 0.2) is 0 Å². The van der Waals surface area contributed by atoms with Crippen molar-refractivity contribution >= 4 is 0 Å². The smallest absolute Gasteiger partial charge is 0.0991 e. The van der Waals surface area contributed by atoms with Crippen LogP contribution >= 0.6 is 0 Å². The highest BCUT2D eigenvalue weighted by Gasteiger charge is 2.22. The Morgan fingerprint density at radius 2 is 1.69 bits per heavy atom. The molecule has 1 aromatic heterocycles. The average Bonchev–Trinajstić information content (AvgIpc) is 3.08. The molecule has 3 aromatic carbocycles. The van der Waals surface area contributed by atoms with E-state index in [0.717, 1.165) is 39.0 Å². The number of benzene rings is 3. The molecule has 1 atom stereocenters. The summed E-state index contributed by atoms with van der Waals surface area (Å²) in [5.74, 6) is 0. The van der Waals surface area contributed by atoms with Gasteiger partial charge in [-0.05, 0) is 76.9 Å². The second-order valence-electron chi connectivity index (χ2n) is 9.78. The number of hydrogen-bond donors (Lipinski definition) is 1. The lowest BCUT2D eigenvalue weighted by molar-refractivity contribution is 0.232. The molecule has 36 heavy (non-hydrogen) atoms. The maximum Gasteiger partial charge on any atom is 0.0991 e. The maximum absolute atomic E-state index is 9.08. The van der Waals surface area contributed by atoms with Gasteiger partial charge in [0.05, 0.1) is 11.6 Å². The van der Waals surface area contributed by atoms with Crippen LogP contribution in [-0.2, 0) is 32.5 Å². The lowest BCUT2D eigenvalue weighted by Gasteiger charge is -2.26. The third kappa shape index (κ3) is 5.88. The maximum atomic E-state index is 9.08. The van der Waals surface area contributed by atoms with Crippen molar-refractivity contribution in [1.29, 1.82) is 5.26 Å². The van der Waals surface area contributed by atoms with Crippen molar-refractivity contribution in [3.63, 3.8) is 0 Å². The van der Waals surface area contributed by atoms with Crippen LogP contribution in [0.15, 0.2) is 91.3 Å². The van der Waals surface area contributed by atoms with Crippen molar-refractivity contribution in [2.75, 3.05) is 6.54 Å². The van der Waals surface area contributed by atoms with Gasteiger partial charge in [0.25, 0.3) is 0 Å². The first-order valence-corrected chi connectivity index (χ1v) is 12.7. The van der Waals surface area contributed by atoms with Crippen LogP contribution in [0.3, 0.4) is 0 Å². The fourth-order valence-corrected chi connectivity index (χ4v) is 5.10. The van der Waals surface area contributed by atoms with Gasteiger partial charge in [-0.3, -0.25) is 9.88 Å². The standard InChI is InChI=1S/C32H32N4/c1-24-6-2-3-8-29(24)21-36-22-30-9-5-4-7-27(30)17-32(23-36)35-20-31-19-34-15-14-28(31)16-25-10-12-26(18-33)13-11-25/h2-15,19,32,35H,16-17,20-23H2,1H3/t32-/m0/s1. The van der Waals surface area contributed by atoms with Crippen LogP contribution in [-0.4, -0.2) is 22.5 Å². The molecule has 4 aromatic rings. The summed E-state index contributed by atoms with van der Waals surface area (Å²) in [6.45, 7) is 5.91. The molecule has 0 amide bonds. The SMILES string of the molecule is Cc1ccccc1CN1Cc2ccccc2C[C@H](NCc2cnccc2Cc2ccc(C#N)cc2)C1. The molecule has 0 radical (unpaired) electrons. The Morgan fingerprint density at radius 1 is 0.917 bits per heavy atom. The van der Waals surface area contributed by atoms with E-state index in [4.69, 9.17) is 5.26 Å². The van der Waals surface area contributed by atoms with Crippen LogP contribution in [0.1, 0.15) is 44.5 Å². The van der Waals surface area contributed by atoms with Crippen molar-refractivity contribution in [3.8, 4) is 6.07 Å². The van der Waals surface area contributed by atoms with Crippen LogP contribution < -0.4 is 5.32 Å². The number of nitrogens with zero attached hydrogens (tertiary/aromatic N) is 3. The predicted octanol–water partition coefficient (Wildman–Crippen LogP) is 5.57. The number of fused-ring (bicyclic) bond motifs is 1. The topological polar surface area (TPSA) is 52.0 Å². The van der Waals surface area contributed by atoms with E-state index in [2.05, 4.69) is 82.8 Å². The van der Waals surface area contributed by atoms with Gasteiger partial charge in [-0.2, -0.15) is 5.26 Å². The summed E-state index contributed by atoms with van der Waals surface area (Å²) in [6, 6.07) is 30.1. The van der Waals surface area contributed by atoms with Crippen molar-refractivity contribution in [3.05, 3.63) is 136 Å². The number of hydrogen-bond acceptors (Lipinski definition) is 4. The Morgan fingerprint density at radius 3 is 2.50 bits per heavy atom. The number of nitriles is 1. The fourth-order valence-electron chi connectivity index (χ4n) is 5.10. The van der Waals surface area contributed by atoms with E-state index in [9.17, 15) is 0 Å². The number of pyridine rings is 1. The van der Waals surface area contributed by atoms with Crippen molar-refractivity contribution < 1.29 is 0 Å². The minimum absolute atomic E-state index is 0.348. The van der Waals surface area contributed by atoms with E-state index in [0.29, 0.717) is 11.6 Å². The minimum Gasteiger partial charge on any atom is -0.308 e. The molecule has 0 spiro atoms. The van der Waals surface area contributed by atoms with E-state index in [-0.39, 0.29) is 0 Å². The van der Waals surface area contributed by atoms with E-state index in [1.807, 2.05) is 36.7 Å². The van der Waals surface area contributed by atoms with Gasteiger partial charge < -0.3 is 5.32 Å². The molecule has 0 bridgehead atoms. The summed E-state index contributed by atoms with van der Waals surface area (Å²) in [4.78, 5) is 7.00. The first-order valence-electron chi connectivity index (χ1n) is 12.7. The molecule has 4 heteroatoms. The first-order chi connectivity index (χ1) is 17.7. The van der Waals surface area contributed by atoms with Crippen molar-refractivity contribution in [2.24, 2.45) is 0 Å². The molecule has 5 rings (SSSR count). The van der Waals surface area contributed by atoms with Gasteiger partial charge in [0.2, 0.25) is 0 Å². The van der Waals surface area contributed by atoms with Crippen molar-refractivity contribution in [1.82, 2.24) is 15.2 Å². The lowest BCUT2D eigenvalue weighted by Crippen LogP contribution is -2.40. The third-order valence-corrected chi connectivity index (χ3v) is 7.18. The highest BCUT2D eigenvalue weighted by atomic mass is 15.2. The second-order valence-corrected chi connectivity index (χ2v) is 9.78. The summed E-state index contributed by atoms with van der Waals surface area (Å²) in [6.07, 6.45) is 5.71. The highest BCUT2D eigenvalue weighted by molar-refractivity contribution is 5.36. The molecule has 1 aliphatic heterocycles. The third-order valence-electron chi connectivity index (χ3n) is 7.18. The zero-order valence-electron chi connectivity index (χ0n) is 20.8. The van der Waals surface area contributed by atoms with Crippen molar-refractivity contribution in [2.45, 2.75) is 45.4 Å². The van der Waals surface area contributed by atoms with Gasteiger partial charge in [0.1, 0.15) is 0 Å². The van der Waals surface area contributed by atoms with E-state index in [1.165, 1.54) is 38.9 Å². The fraction of sp³-hybridized carbons (Fsp3) is 0.250. The summed E-state index contributed by atoms with van der Waals surface area (Å²) in [5, 5.41) is 13.0. The largest absolute Gasteiger partial charge is 0.308 e. The molecular formula is C32H32N4. The van der Waals surface area contributed by atoms with Crippen LogP contribution in [0.2, 0.25) is 0 Å². The molecule has 0 unspecified atom stereocenters. The zero-order valence-corrected chi connectivity index (χ0v) is 20.8. The quantitative estimate of drug-likeness (QED) is 0.382. The number of aryl methyl sites for hydroxylation is 1. The van der Waals surface area contributed by atoms with Gasteiger partial charge in [-0.15, -0.1) is 0 Å². The van der Waals surface area contributed by atoms with Crippen LogP contribution in [0.25, 0.3) is 0 Å². The normalized spacial score (nSPS) is 15.6. The summed E-state index contributed by atoms with van der Waals surface area (Å²) in [5.41, 5.74) is 10.0. The van der Waals surface area contributed by atoms with E-state index in [1.54, 1.807) is 0 Å². The molecular weight excluding hydrogens is 440 g/mol. The minimum atomic E-state index is 0.348. The molecule has 0 aliphatic carbocycles. The summed E-state index contributed by atoms with van der Waals surface area (Å²) < 4.78 is 0. The number of aromatic nitrogens is 1. The molecule has 1 N–H and O–H groups in total. The highest BCUT2D eigenvalue weighted by Crippen LogP contribution is 2.22. The lowest BCUT2D eigenvalue weighted by atomic mass is 9.99. The number of rotatable bonds is 7. The molecule has 4 nitrogen and oxygen atoms in total. The summed E-state index contributed by atoms with van der Waals surface area (Å²) in [7, 11) is 0. The molecule has 0 fully saturated rings. The molecule has 180 valence electrons. The molecule has 2 heterocycles. The van der Waals surface area contributed by atoms with E-state index < -0.39 is 0 Å². The van der Waals surface area contributed by atoms with Gasteiger partial charge in [-0.25, -0.2) is 0 Å². The first kappa shape index (κ1) is 23.9. The Kier molecular flexibility index (Phi) is 7.52. The zero-order chi connectivity index (χ0) is 24.7. The van der Waals surface area contributed by atoms with Crippen LogP contribution in [0, 0.1) is 18.3 Å². The summed E-state index contributed by atoms with van der Waals surface area (Å²) >= 11 is 0. The predicted molar refractivity (Wildman–Crippen MR) is 144 cm³/mol. The number of nitrogens with one attached hydrogen (secondary N) is 1. The monoisotopic (exact) mass is 472 g/mol. The Bertz CT molecular complexity index is 1350. The van der Waals surface area contributed by atoms with Crippen LogP contribution in [0.5, 0.6) is 0 Å².